The quantitative estimate of drug-likeness (QED) is 0.417. The number of rotatable bonds is 8. The number of likely N-dealkylation sites (tertiary alicyclic amines) is 2. The molecule has 2 aliphatic rings. The summed E-state index contributed by atoms with van der Waals surface area (Å²) in [5.41, 5.74) is 4.86. The van der Waals surface area contributed by atoms with Crippen LogP contribution in [-0.2, 0) is 6.54 Å². The summed E-state index contributed by atoms with van der Waals surface area (Å²) in [7, 11) is 0. The molecule has 3 aromatic rings. The van der Waals surface area contributed by atoms with Crippen molar-refractivity contribution in [3.8, 4) is 17.2 Å². The molecule has 5 rings (SSSR count). The van der Waals surface area contributed by atoms with E-state index < -0.39 is 0 Å². The zero-order valence-electron chi connectivity index (χ0n) is 22.1. The number of nitrogens with one attached hydrogen (secondary N) is 1. The topological polar surface area (TPSA) is 62.6 Å². The Morgan fingerprint density at radius 3 is 2.39 bits per heavy atom. The Morgan fingerprint density at radius 1 is 0.895 bits per heavy atom. The number of amides is 2. The first-order valence-electron chi connectivity index (χ1n) is 13.9. The second-order valence-corrected chi connectivity index (χ2v) is 10.4. The summed E-state index contributed by atoms with van der Waals surface area (Å²) in [6.45, 7) is 6.65. The number of piperidine rings is 1. The molecule has 2 heterocycles. The number of carbonyl (C=O) groups excluding carboxylic acids is 1. The minimum absolute atomic E-state index is 0.00671. The molecule has 6 heteroatoms. The van der Waals surface area contributed by atoms with Gasteiger partial charge in [0.2, 0.25) is 0 Å². The first-order valence-corrected chi connectivity index (χ1v) is 13.9. The molecule has 0 spiro atoms. The number of nitrogens with zero attached hydrogens (tertiary/aromatic N) is 4. The van der Waals surface area contributed by atoms with Gasteiger partial charge in [-0.3, -0.25) is 4.90 Å². The zero-order valence-corrected chi connectivity index (χ0v) is 22.1. The van der Waals surface area contributed by atoms with E-state index in [0.717, 1.165) is 75.5 Å². The molecule has 0 atom stereocenters. The largest absolute Gasteiger partial charge is 0.322 e. The minimum Gasteiger partial charge on any atom is -0.320 e. The SMILES string of the molecule is N#Cc1cccc(CN2CCC(N(CCN3CCCC3)C(=O)Nc3ccccc3-c3ccccc3)CC2)c1. The smallest absolute Gasteiger partial charge is 0.320 e. The maximum atomic E-state index is 13.8. The fourth-order valence-corrected chi connectivity index (χ4v) is 5.74. The summed E-state index contributed by atoms with van der Waals surface area (Å²) in [5, 5.41) is 12.5. The van der Waals surface area contributed by atoms with E-state index in [1.807, 2.05) is 54.6 Å². The van der Waals surface area contributed by atoms with Crippen molar-refractivity contribution in [1.29, 1.82) is 5.26 Å². The van der Waals surface area contributed by atoms with Crippen LogP contribution >= 0.6 is 0 Å². The molecule has 0 aromatic heterocycles. The lowest BCUT2D eigenvalue weighted by atomic mass is 10.0. The van der Waals surface area contributed by atoms with Crippen molar-refractivity contribution in [3.05, 3.63) is 90.0 Å². The monoisotopic (exact) mass is 507 g/mol. The Bertz CT molecular complexity index is 1240. The van der Waals surface area contributed by atoms with Gasteiger partial charge in [-0.1, -0.05) is 60.7 Å². The second-order valence-electron chi connectivity index (χ2n) is 10.4. The van der Waals surface area contributed by atoms with E-state index in [4.69, 9.17) is 0 Å². The van der Waals surface area contributed by atoms with Crippen LogP contribution in [0.3, 0.4) is 0 Å². The molecule has 0 saturated carbocycles. The van der Waals surface area contributed by atoms with Crippen LogP contribution in [0, 0.1) is 11.3 Å². The third-order valence-corrected chi connectivity index (χ3v) is 7.83. The van der Waals surface area contributed by atoms with Gasteiger partial charge in [-0.15, -0.1) is 0 Å². The summed E-state index contributed by atoms with van der Waals surface area (Å²) in [4.78, 5) is 20.8. The van der Waals surface area contributed by atoms with Gasteiger partial charge in [-0.05, 0) is 68.1 Å². The van der Waals surface area contributed by atoms with E-state index >= 15 is 0 Å². The molecule has 0 bridgehead atoms. The Hall–Kier alpha value is -3.66. The van der Waals surface area contributed by atoms with Crippen LogP contribution in [0.5, 0.6) is 0 Å². The maximum absolute atomic E-state index is 13.8. The summed E-state index contributed by atoms with van der Waals surface area (Å²) >= 11 is 0. The number of hydrogen-bond donors (Lipinski definition) is 1. The molecule has 0 radical (unpaired) electrons. The maximum Gasteiger partial charge on any atom is 0.322 e. The summed E-state index contributed by atoms with van der Waals surface area (Å²) in [5.74, 6) is 0. The van der Waals surface area contributed by atoms with Gasteiger partial charge in [-0.25, -0.2) is 4.79 Å². The second kappa shape index (κ2) is 12.7. The standard InChI is InChI=1S/C32H37N5O/c33-24-26-9-8-10-27(23-26)25-36-19-15-29(16-20-36)37(22-21-35-17-6-7-18-35)32(38)34-31-14-5-4-13-30(31)28-11-2-1-3-12-28/h1-5,8-14,23,29H,6-7,15-22,25H2,(H,34,38). The molecule has 0 aliphatic carbocycles. The fraction of sp³-hybridized carbons (Fsp3) is 0.375. The van der Waals surface area contributed by atoms with Crippen LogP contribution in [0.4, 0.5) is 10.5 Å². The Labute approximate surface area is 226 Å². The molecule has 2 saturated heterocycles. The molecule has 3 aromatic carbocycles. The molecule has 2 aliphatic heterocycles. The first-order chi connectivity index (χ1) is 18.7. The lowest BCUT2D eigenvalue weighted by Gasteiger charge is -2.39. The van der Waals surface area contributed by atoms with Crippen molar-refractivity contribution in [2.75, 3.05) is 44.6 Å². The first kappa shape index (κ1) is 26.0. The van der Waals surface area contributed by atoms with Crippen molar-refractivity contribution in [3.63, 3.8) is 0 Å². The third-order valence-electron chi connectivity index (χ3n) is 7.83. The Balaban J connectivity index is 1.26. The van der Waals surface area contributed by atoms with Gasteiger partial charge in [0.1, 0.15) is 0 Å². The van der Waals surface area contributed by atoms with E-state index in [-0.39, 0.29) is 12.1 Å². The lowest BCUT2D eigenvalue weighted by molar-refractivity contribution is 0.117. The molecule has 0 unspecified atom stereocenters. The van der Waals surface area contributed by atoms with E-state index in [1.165, 1.54) is 18.4 Å². The minimum atomic E-state index is -0.00671. The number of hydrogen-bond acceptors (Lipinski definition) is 4. The van der Waals surface area contributed by atoms with E-state index in [9.17, 15) is 10.1 Å². The Kier molecular flexibility index (Phi) is 8.70. The normalized spacial score (nSPS) is 16.7. The van der Waals surface area contributed by atoms with Crippen LogP contribution < -0.4 is 5.32 Å². The number of anilines is 1. The predicted octanol–water partition coefficient (Wildman–Crippen LogP) is 5.82. The van der Waals surface area contributed by atoms with Crippen molar-refractivity contribution < 1.29 is 4.79 Å². The number of carbonyl (C=O) groups is 1. The predicted molar refractivity (Wildman–Crippen MR) is 153 cm³/mol. The van der Waals surface area contributed by atoms with Crippen LogP contribution in [0.1, 0.15) is 36.8 Å². The van der Waals surface area contributed by atoms with Crippen molar-refractivity contribution >= 4 is 11.7 Å². The zero-order chi connectivity index (χ0) is 26.2. The molecule has 38 heavy (non-hydrogen) atoms. The lowest BCUT2D eigenvalue weighted by Crippen LogP contribution is -2.50. The summed E-state index contributed by atoms with van der Waals surface area (Å²) < 4.78 is 0. The summed E-state index contributed by atoms with van der Waals surface area (Å²) in [6.07, 6.45) is 4.40. The average Bonchev–Trinajstić information content (AvgIpc) is 3.49. The number of nitriles is 1. The van der Waals surface area contributed by atoms with Gasteiger partial charge in [-0.2, -0.15) is 5.26 Å². The van der Waals surface area contributed by atoms with Crippen molar-refractivity contribution in [2.45, 2.75) is 38.3 Å². The van der Waals surface area contributed by atoms with Crippen LogP contribution in [0.25, 0.3) is 11.1 Å². The average molecular weight is 508 g/mol. The third kappa shape index (κ3) is 6.61. The molecule has 1 N–H and O–H groups in total. The van der Waals surface area contributed by atoms with Gasteiger partial charge in [0, 0.05) is 44.3 Å². The molecular weight excluding hydrogens is 470 g/mol. The molecule has 2 amide bonds. The number of benzene rings is 3. The fourth-order valence-electron chi connectivity index (χ4n) is 5.74. The number of urea groups is 1. The molecule has 2 fully saturated rings. The van der Waals surface area contributed by atoms with Crippen LogP contribution in [-0.4, -0.2) is 66.0 Å². The summed E-state index contributed by atoms with van der Waals surface area (Å²) in [6, 6.07) is 28.6. The highest BCUT2D eigenvalue weighted by molar-refractivity contribution is 5.94. The van der Waals surface area contributed by atoms with Gasteiger partial charge in [0.05, 0.1) is 17.3 Å². The number of para-hydroxylation sites is 1. The van der Waals surface area contributed by atoms with Gasteiger partial charge in [0.25, 0.3) is 0 Å². The molecule has 196 valence electrons. The van der Waals surface area contributed by atoms with E-state index in [2.05, 4.69) is 50.4 Å². The van der Waals surface area contributed by atoms with Crippen molar-refractivity contribution in [1.82, 2.24) is 14.7 Å². The highest BCUT2D eigenvalue weighted by Crippen LogP contribution is 2.28. The molecule has 6 nitrogen and oxygen atoms in total. The van der Waals surface area contributed by atoms with Gasteiger partial charge >= 0.3 is 6.03 Å². The molecular formula is C32H37N5O. The van der Waals surface area contributed by atoms with Crippen molar-refractivity contribution in [2.24, 2.45) is 0 Å². The van der Waals surface area contributed by atoms with Crippen LogP contribution in [0.15, 0.2) is 78.9 Å². The van der Waals surface area contributed by atoms with E-state index in [1.54, 1.807) is 0 Å². The highest BCUT2D eigenvalue weighted by Gasteiger charge is 2.29. The van der Waals surface area contributed by atoms with Crippen LogP contribution in [0.2, 0.25) is 0 Å². The van der Waals surface area contributed by atoms with Gasteiger partial charge in [0.15, 0.2) is 0 Å². The highest BCUT2D eigenvalue weighted by atomic mass is 16.2. The Morgan fingerprint density at radius 2 is 1.63 bits per heavy atom. The van der Waals surface area contributed by atoms with Gasteiger partial charge < -0.3 is 15.1 Å². The van der Waals surface area contributed by atoms with E-state index in [0.29, 0.717) is 5.56 Å².